The van der Waals surface area contributed by atoms with E-state index in [2.05, 4.69) is 0 Å². The molecule has 0 saturated heterocycles. The summed E-state index contributed by atoms with van der Waals surface area (Å²) in [4.78, 5) is 3.81. The third-order valence-electron chi connectivity index (χ3n) is 5.04. The maximum Gasteiger partial charge on any atom is 0.169 e. The van der Waals surface area contributed by atoms with Gasteiger partial charge in [0.2, 0.25) is 0 Å². The zero-order chi connectivity index (χ0) is 23.4. The summed E-state index contributed by atoms with van der Waals surface area (Å²) in [7, 11) is 7.54. The molecule has 6 heteroatoms. The number of benzene rings is 3. The van der Waals surface area contributed by atoms with Crippen LogP contribution in [0.25, 0.3) is 24.3 Å². The normalized spacial score (nSPS) is 11.5. The van der Waals surface area contributed by atoms with Crippen molar-refractivity contribution in [1.29, 1.82) is 0 Å². The van der Waals surface area contributed by atoms with Crippen LogP contribution in [0.5, 0.6) is 0 Å². The topological polar surface area (TPSA) is 6.48 Å². The summed E-state index contributed by atoms with van der Waals surface area (Å²) in [6, 6.07) is 14.3. The van der Waals surface area contributed by atoms with Crippen molar-refractivity contribution in [3.05, 3.63) is 94.1 Å². The molecule has 0 N–H and O–H groups in total. The molecule has 0 aliphatic carbocycles. The molecule has 0 aliphatic rings. The highest BCUT2D eigenvalue weighted by Crippen LogP contribution is 2.28. The molecule has 2 nitrogen and oxygen atoms in total. The van der Waals surface area contributed by atoms with Gasteiger partial charge in [0, 0.05) is 39.6 Å². The summed E-state index contributed by atoms with van der Waals surface area (Å²) < 4.78 is 58.3. The Labute approximate surface area is 185 Å². The Kier molecular flexibility index (Phi) is 7.03. The van der Waals surface area contributed by atoms with Crippen molar-refractivity contribution in [3.63, 3.8) is 0 Å². The molecule has 3 aromatic rings. The van der Waals surface area contributed by atoms with Gasteiger partial charge in [0.05, 0.1) is 11.1 Å². The number of hydrogen-bond acceptors (Lipinski definition) is 2. The number of anilines is 2. The zero-order valence-electron chi connectivity index (χ0n) is 18.3. The Morgan fingerprint density at radius 1 is 0.469 bits per heavy atom. The first-order chi connectivity index (χ1) is 15.2. The van der Waals surface area contributed by atoms with E-state index in [0.29, 0.717) is 11.1 Å². The van der Waals surface area contributed by atoms with Crippen LogP contribution in [0, 0.1) is 23.3 Å². The molecule has 166 valence electrons. The lowest BCUT2D eigenvalue weighted by molar-refractivity contribution is 0.448. The van der Waals surface area contributed by atoms with Crippen LogP contribution in [-0.2, 0) is 0 Å². The van der Waals surface area contributed by atoms with E-state index in [4.69, 9.17) is 0 Å². The van der Waals surface area contributed by atoms with E-state index >= 15 is 0 Å². The van der Waals surface area contributed by atoms with Gasteiger partial charge in [-0.25, -0.2) is 17.6 Å². The quantitative estimate of drug-likeness (QED) is 0.239. The predicted octanol–water partition coefficient (Wildman–Crippen LogP) is 6.72. The molecule has 3 aromatic carbocycles. The van der Waals surface area contributed by atoms with Gasteiger partial charge in [-0.2, -0.15) is 0 Å². The van der Waals surface area contributed by atoms with Gasteiger partial charge in [0.25, 0.3) is 0 Å². The van der Waals surface area contributed by atoms with Crippen LogP contribution >= 0.6 is 0 Å². The van der Waals surface area contributed by atoms with E-state index < -0.39 is 34.4 Å². The lowest BCUT2D eigenvalue weighted by Crippen LogP contribution is -2.07. The van der Waals surface area contributed by atoms with Crippen molar-refractivity contribution >= 4 is 35.7 Å². The van der Waals surface area contributed by atoms with E-state index in [1.807, 2.05) is 62.3 Å². The summed E-state index contributed by atoms with van der Waals surface area (Å²) in [6.45, 7) is 0. The van der Waals surface area contributed by atoms with Crippen molar-refractivity contribution in [2.24, 2.45) is 0 Å². The van der Waals surface area contributed by atoms with E-state index in [-0.39, 0.29) is 0 Å². The van der Waals surface area contributed by atoms with Crippen molar-refractivity contribution in [1.82, 2.24) is 0 Å². The molecule has 0 radical (unpaired) electrons. The van der Waals surface area contributed by atoms with Crippen LogP contribution in [0.3, 0.4) is 0 Å². The Balaban J connectivity index is 1.90. The van der Waals surface area contributed by atoms with Gasteiger partial charge in [0.1, 0.15) is 0 Å². The lowest BCUT2D eigenvalue weighted by atomic mass is 10.0. The van der Waals surface area contributed by atoms with Crippen LogP contribution in [-0.4, -0.2) is 28.2 Å². The molecular weight excluding hydrogens is 416 g/mol. The lowest BCUT2D eigenvalue weighted by Gasteiger charge is -2.12. The Hall–Kier alpha value is -3.54. The summed E-state index contributed by atoms with van der Waals surface area (Å²) in [5, 5.41) is 0. The molecule has 3 rings (SSSR count). The Bertz CT molecular complexity index is 1020. The molecule has 0 aliphatic heterocycles. The van der Waals surface area contributed by atoms with Gasteiger partial charge in [-0.05, 0) is 47.5 Å². The monoisotopic (exact) mass is 440 g/mol. The highest BCUT2D eigenvalue weighted by molar-refractivity contribution is 5.75. The fourth-order valence-electron chi connectivity index (χ4n) is 3.08. The maximum absolute atomic E-state index is 14.6. The second-order valence-electron chi connectivity index (χ2n) is 7.72. The minimum atomic E-state index is -1.44. The number of hydrogen-bond donors (Lipinski definition) is 0. The molecule has 0 atom stereocenters. The highest BCUT2D eigenvalue weighted by atomic mass is 19.2. The summed E-state index contributed by atoms with van der Waals surface area (Å²) >= 11 is 0. The van der Waals surface area contributed by atoms with Crippen molar-refractivity contribution < 1.29 is 17.6 Å². The third-order valence-corrected chi connectivity index (χ3v) is 5.04. The molecule has 32 heavy (non-hydrogen) atoms. The van der Waals surface area contributed by atoms with Gasteiger partial charge in [-0.15, -0.1) is 0 Å². The second kappa shape index (κ2) is 9.73. The van der Waals surface area contributed by atoms with Crippen molar-refractivity contribution in [2.45, 2.75) is 0 Å². The molecule has 0 fully saturated rings. The van der Waals surface area contributed by atoms with Crippen molar-refractivity contribution in [2.75, 3.05) is 38.0 Å². The molecule has 0 heterocycles. The number of nitrogens with zero attached hydrogens (tertiary/aromatic N) is 2. The van der Waals surface area contributed by atoms with Gasteiger partial charge < -0.3 is 9.80 Å². The second-order valence-corrected chi connectivity index (χ2v) is 7.72. The van der Waals surface area contributed by atoms with Crippen LogP contribution < -0.4 is 9.80 Å². The van der Waals surface area contributed by atoms with Gasteiger partial charge in [-0.3, -0.25) is 0 Å². The standard InChI is InChI=1S/C26H24F4N2/c1-31(2)19-11-5-17(6-12-19)9-15-21-23(27)25(29)22(26(30)24(21)28)16-10-18-7-13-20(14-8-18)32(3)4/h5-16H,1-4H3/b15-9+,16-10+. The third kappa shape index (κ3) is 5.02. The molecule has 0 spiro atoms. The average molecular weight is 440 g/mol. The largest absolute Gasteiger partial charge is 0.378 e. The smallest absolute Gasteiger partial charge is 0.169 e. The van der Waals surface area contributed by atoms with E-state index in [9.17, 15) is 17.6 Å². The first-order valence-electron chi connectivity index (χ1n) is 9.96. The van der Waals surface area contributed by atoms with Crippen molar-refractivity contribution in [3.8, 4) is 0 Å². The molecule has 0 saturated carbocycles. The average Bonchev–Trinajstić information content (AvgIpc) is 2.78. The van der Waals surface area contributed by atoms with Crippen LogP contribution in [0.2, 0.25) is 0 Å². The predicted molar refractivity (Wildman–Crippen MR) is 126 cm³/mol. The van der Waals surface area contributed by atoms with Crippen LogP contribution in [0.1, 0.15) is 22.3 Å². The molecule has 0 unspecified atom stereocenters. The van der Waals surface area contributed by atoms with Crippen LogP contribution in [0.4, 0.5) is 28.9 Å². The molecule has 0 bridgehead atoms. The summed E-state index contributed by atoms with van der Waals surface area (Å²) in [6.07, 6.45) is 4.88. The van der Waals surface area contributed by atoms with Gasteiger partial charge >= 0.3 is 0 Å². The minimum Gasteiger partial charge on any atom is -0.378 e. The van der Waals surface area contributed by atoms with Gasteiger partial charge in [-0.1, -0.05) is 36.4 Å². The molecule has 0 amide bonds. The van der Waals surface area contributed by atoms with E-state index in [1.54, 1.807) is 24.3 Å². The Morgan fingerprint density at radius 3 is 1.00 bits per heavy atom. The van der Waals surface area contributed by atoms with Crippen LogP contribution in [0.15, 0.2) is 48.5 Å². The first kappa shape index (κ1) is 23.1. The highest BCUT2D eigenvalue weighted by Gasteiger charge is 2.22. The van der Waals surface area contributed by atoms with Gasteiger partial charge in [0.15, 0.2) is 23.3 Å². The fraction of sp³-hybridized carbons (Fsp3) is 0.154. The minimum absolute atomic E-state index is 0.639. The first-order valence-corrected chi connectivity index (χ1v) is 9.96. The molecule has 0 aromatic heterocycles. The number of halogens is 4. The fourth-order valence-corrected chi connectivity index (χ4v) is 3.08. The molecular formula is C26H24F4N2. The maximum atomic E-state index is 14.6. The zero-order valence-corrected chi connectivity index (χ0v) is 18.3. The Morgan fingerprint density at radius 2 is 0.750 bits per heavy atom. The van der Waals surface area contributed by atoms with E-state index in [1.165, 1.54) is 12.2 Å². The van der Waals surface area contributed by atoms with E-state index in [0.717, 1.165) is 23.5 Å². The number of rotatable bonds is 6. The SMILES string of the molecule is CN(C)c1ccc(/C=C/c2c(F)c(F)c(/C=C/c3ccc(N(C)C)cc3)c(F)c2F)cc1. The summed E-state index contributed by atoms with van der Waals surface area (Å²) in [5.41, 5.74) is 1.65. The summed E-state index contributed by atoms with van der Waals surface area (Å²) in [5.74, 6) is -5.75.